The summed E-state index contributed by atoms with van der Waals surface area (Å²) in [6, 6.07) is 3.79. The van der Waals surface area contributed by atoms with E-state index in [-0.39, 0.29) is 0 Å². The highest BCUT2D eigenvalue weighted by atomic mass is 16.5. The zero-order chi connectivity index (χ0) is 12.1. The van der Waals surface area contributed by atoms with Crippen LogP contribution in [0.5, 0.6) is 5.88 Å². The van der Waals surface area contributed by atoms with Crippen LogP contribution in [0.25, 0.3) is 0 Å². The fourth-order valence-corrected chi connectivity index (χ4v) is 1.57. The van der Waals surface area contributed by atoms with E-state index in [9.17, 15) is 0 Å². The Morgan fingerprint density at radius 1 is 1.35 bits per heavy atom. The first-order valence-electron chi connectivity index (χ1n) is 5.51. The van der Waals surface area contributed by atoms with E-state index in [1.54, 1.807) is 13.3 Å². The molecule has 90 valence electrons. The van der Waals surface area contributed by atoms with E-state index >= 15 is 0 Å². The second-order valence-corrected chi connectivity index (χ2v) is 3.68. The van der Waals surface area contributed by atoms with Gasteiger partial charge in [0.05, 0.1) is 19.0 Å². The molecule has 5 heteroatoms. The van der Waals surface area contributed by atoms with Gasteiger partial charge in [0.2, 0.25) is 5.88 Å². The number of imidazole rings is 1. The first-order valence-corrected chi connectivity index (χ1v) is 5.51. The van der Waals surface area contributed by atoms with Gasteiger partial charge in [-0.1, -0.05) is 0 Å². The molecule has 1 N–H and O–H groups in total. The molecule has 0 saturated carbocycles. The summed E-state index contributed by atoms with van der Waals surface area (Å²) in [4.78, 5) is 8.30. The van der Waals surface area contributed by atoms with Gasteiger partial charge in [0.15, 0.2) is 0 Å². The van der Waals surface area contributed by atoms with Crippen molar-refractivity contribution in [1.29, 1.82) is 0 Å². The standard InChI is InChI=1S/C12H16N4O/c1-10-13-5-7-16(10)8-6-14-11-3-4-12(17-2)15-9-11/h3-5,7,9,14H,6,8H2,1-2H3. The first-order chi connectivity index (χ1) is 8.29. The average molecular weight is 232 g/mol. The normalized spacial score (nSPS) is 10.2. The Hall–Kier alpha value is -2.04. The smallest absolute Gasteiger partial charge is 0.213 e. The maximum Gasteiger partial charge on any atom is 0.213 e. The molecular weight excluding hydrogens is 216 g/mol. The molecule has 5 nitrogen and oxygen atoms in total. The quantitative estimate of drug-likeness (QED) is 0.852. The highest BCUT2D eigenvalue weighted by Gasteiger charge is 1.97. The molecule has 0 unspecified atom stereocenters. The van der Waals surface area contributed by atoms with Gasteiger partial charge in [0.1, 0.15) is 5.82 Å². The van der Waals surface area contributed by atoms with Gasteiger partial charge in [-0.3, -0.25) is 0 Å². The molecule has 0 spiro atoms. The lowest BCUT2D eigenvalue weighted by atomic mass is 10.4. The van der Waals surface area contributed by atoms with Crippen molar-refractivity contribution < 1.29 is 4.74 Å². The van der Waals surface area contributed by atoms with Crippen molar-refractivity contribution in [3.05, 3.63) is 36.5 Å². The Bertz CT molecular complexity index is 464. The summed E-state index contributed by atoms with van der Waals surface area (Å²) in [5.41, 5.74) is 0.989. The largest absolute Gasteiger partial charge is 0.481 e. The number of hydrogen-bond acceptors (Lipinski definition) is 4. The number of hydrogen-bond donors (Lipinski definition) is 1. The summed E-state index contributed by atoms with van der Waals surface area (Å²) in [7, 11) is 1.61. The summed E-state index contributed by atoms with van der Waals surface area (Å²) < 4.78 is 7.10. The van der Waals surface area contributed by atoms with E-state index in [4.69, 9.17) is 4.74 Å². The number of anilines is 1. The van der Waals surface area contributed by atoms with Gasteiger partial charge in [0, 0.05) is 31.5 Å². The number of nitrogens with one attached hydrogen (secondary N) is 1. The van der Waals surface area contributed by atoms with Crippen LogP contribution in [0, 0.1) is 6.92 Å². The van der Waals surface area contributed by atoms with Crippen LogP contribution in [-0.2, 0) is 6.54 Å². The average Bonchev–Trinajstić information content (AvgIpc) is 2.76. The number of aryl methyl sites for hydroxylation is 1. The molecule has 0 aliphatic carbocycles. The van der Waals surface area contributed by atoms with E-state index in [0.29, 0.717) is 5.88 Å². The van der Waals surface area contributed by atoms with E-state index in [1.807, 2.05) is 31.5 Å². The van der Waals surface area contributed by atoms with Gasteiger partial charge in [0.25, 0.3) is 0 Å². The van der Waals surface area contributed by atoms with Gasteiger partial charge in [-0.2, -0.15) is 0 Å². The highest BCUT2D eigenvalue weighted by molar-refractivity contribution is 5.41. The molecule has 0 aliphatic rings. The predicted octanol–water partition coefficient (Wildman–Crippen LogP) is 1.71. The monoisotopic (exact) mass is 232 g/mol. The number of rotatable bonds is 5. The molecule has 0 amide bonds. The third kappa shape index (κ3) is 2.96. The van der Waals surface area contributed by atoms with Crippen LogP contribution in [0.15, 0.2) is 30.7 Å². The number of aromatic nitrogens is 3. The van der Waals surface area contributed by atoms with Crippen molar-refractivity contribution in [3.63, 3.8) is 0 Å². The minimum absolute atomic E-state index is 0.626. The Labute approximate surface area is 100 Å². The molecule has 0 radical (unpaired) electrons. The van der Waals surface area contributed by atoms with Crippen molar-refractivity contribution in [3.8, 4) is 5.88 Å². The van der Waals surface area contributed by atoms with Crippen molar-refractivity contribution in [2.75, 3.05) is 19.0 Å². The van der Waals surface area contributed by atoms with Crippen molar-refractivity contribution >= 4 is 5.69 Å². The fourth-order valence-electron chi connectivity index (χ4n) is 1.57. The van der Waals surface area contributed by atoms with E-state index in [0.717, 1.165) is 24.6 Å². The molecule has 2 rings (SSSR count). The Kier molecular flexibility index (Phi) is 3.59. The van der Waals surface area contributed by atoms with Crippen molar-refractivity contribution in [2.24, 2.45) is 0 Å². The van der Waals surface area contributed by atoms with Crippen LogP contribution in [0.4, 0.5) is 5.69 Å². The van der Waals surface area contributed by atoms with Gasteiger partial charge < -0.3 is 14.6 Å². The molecule has 2 aromatic heterocycles. The minimum Gasteiger partial charge on any atom is -0.481 e. The lowest BCUT2D eigenvalue weighted by Crippen LogP contribution is -2.11. The zero-order valence-corrected chi connectivity index (χ0v) is 10.1. The number of ether oxygens (including phenoxy) is 1. The molecule has 17 heavy (non-hydrogen) atoms. The summed E-state index contributed by atoms with van der Waals surface area (Å²) >= 11 is 0. The number of nitrogens with zero attached hydrogens (tertiary/aromatic N) is 3. The van der Waals surface area contributed by atoms with Gasteiger partial charge in [-0.25, -0.2) is 9.97 Å². The molecule has 0 aliphatic heterocycles. The summed E-state index contributed by atoms with van der Waals surface area (Å²) in [5, 5.41) is 3.29. The summed E-state index contributed by atoms with van der Waals surface area (Å²) in [5.74, 6) is 1.65. The van der Waals surface area contributed by atoms with Crippen LogP contribution in [-0.4, -0.2) is 28.2 Å². The molecular formula is C12H16N4O. The molecule has 2 heterocycles. The zero-order valence-electron chi connectivity index (χ0n) is 10.1. The van der Waals surface area contributed by atoms with E-state index < -0.39 is 0 Å². The SMILES string of the molecule is COc1ccc(NCCn2ccnc2C)cn1. The Balaban J connectivity index is 1.83. The van der Waals surface area contributed by atoms with Crippen LogP contribution in [0.3, 0.4) is 0 Å². The van der Waals surface area contributed by atoms with Crippen molar-refractivity contribution in [1.82, 2.24) is 14.5 Å². The van der Waals surface area contributed by atoms with Crippen LogP contribution < -0.4 is 10.1 Å². The second kappa shape index (κ2) is 5.34. The van der Waals surface area contributed by atoms with Crippen LogP contribution >= 0.6 is 0 Å². The molecule has 0 aromatic carbocycles. The molecule has 0 fully saturated rings. The number of pyridine rings is 1. The lowest BCUT2D eigenvalue weighted by molar-refractivity contribution is 0.398. The molecule has 0 bridgehead atoms. The lowest BCUT2D eigenvalue weighted by Gasteiger charge is -2.08. The van der Waals surface area contributed by atoms with Gasteiger partial charge in [-0.15, -0.1) is 0 Å². The van der Waals surface area contributed by atoms with E-state index in [2.05, 4.69) is 19.9 Å². The van der Waals surface area contributed by atoms with Crippen LogP contribution in [0.1, 0.15) is 5.82 Å². The summed E-state index contributed by atoms with van der Waals surface area (Å²) in [6.07, 6.45) is 5.55. The molecule has 2 aromatic rings. The molecule has 0 saturated heterocycles. The first kappa shape index (κ1) is 11.4. The Morgan fingerprint density at radius 3 is 2.82 bits per heavy atom. The maximum absolute atomic E-state index is 5.00. The third-order valence-electron chi connectivity index (χ3n) is 2.55. The Morgan fingerprint density at radius 2 is 2.24 bits per heavy atom. The minimum atomic E-state index is 0.626. The predicted molar refractivity (Wildman–Crippen MR) is 66.2 cm³/mol. The van der Waals surface area contributed by atoms with Gasteiger partial charge >= 0.3 is 0 Å². The van der Waals surface area contributed by atoms with Gasteiger partial charge in [-0.05, 0) is 13.0 Å². The highest BCUT2D eigenvalue weighted by Crippen LogP contribution is 2.10. The fraction of sp³-hybridized carbons (Fsp3) is 0.333. The second-order valence-electron chi connectivity index (χ2n) is 3.68. The third-order valence-corrected chi connectivity index (χ3v) is 2.55. The van der Waals surface area contributed by atoms with Crippen molar-refractivity contribution in [2.45, 2.75) is 13.5 Å². The van der Waals surface area contributed by atoms with E-state index in [1.165, 1.54) is 0 Å². The number of methoxy groups -OCH3 is 1. The summed E-state index contributed by atoms with van der Waals surface area (Å²) in [6.45, 7) is 3.72. The topological polar surface area (TPSA) is 52.0 Å². The molecule has 0 atom stereocenters. The van der Waals surface area contributed by atoms with Crippen LogP contribution in [0.2, 0.25) is 0 Å². The maximum atomic E-state index is 5.00.